The van der Waals surface area contributed by atoms with E-state index in [1.54, 1.807) is 0 Å². The van der Waals surface area contributed by atoms with Crippen molar-refractivity contribution in [2.24, 2.45) is 5.92 Å². The molecule has 1 fully saturated rings. The number of halogens is 4. The fourth-order valence-electron chi connectivity index (χ4n) is 6.07. The first-order valence-electron chi connectivity index (χ1n) is 14.6. The minimum Gasteiger partial charge on any atom is -0.478 e. The van der Waals surface area contributed by atoms with Crippen LogP contribution in [0.1, 0.15) is 106 Å². The van der Waals surface area contributed by atoms with Gasteiger partial charge in [-0.3, -0.25) is 0 Å². The van der Waals surface area contributed by atoms with Crippen LogP contribution in [0.15, 0.2) is 48.5 Å². The highest BCUT2D eigenvalue weighted by atomic mass is 19.2. The molecule has 3 aromatic carbocycles. The Balaban J connectivity index is 1.46. The number of rotatable bonds is 12. The van der Waals surface area contributed by atoms with Crippen molar-refractivity contribution in [2.75, 3.05) is 0 Å². The first kappa shape index (κ1) is 29.8. The molecule has 1 saturated carbocycles. The van der Waals surface area contributed by atoms with Crippen LogP contribution >= 0.6 is 0 Å². The number of benzene rings is 3. The van der Waals surface area contributed by atoms with E-state index in [1.807, 2.05) is 24.3 Å². The fourth-order valence-corrected chi connectivity index (χ4v) is 6.07. The number of hydrogen-bond donors (Lipinski definition) is 1. The second-order valence-electron chi connectivity index (χ2n) is 11.2. The summed E-state index contributed by atoms with van der Waals surface area (Å²) in [4.78, 5) is 11.6. The summed E-state index contributed by atoms with van der Waals surface area (Å²) >= 11 is 0. The number of aromatic carboxylic acids is 1. The molecule has 1 N–H and O–H groups in total. The molecule has 0 amide bonds. The van der Waals surface area contributed by atoms with Crippen LogP contribution in [0.4, 0.5) is 17.6 Å². The lowest BCUT2D eigenvalue weighted by Gasteiger charge is -2.29. The van der Waals surface area contributed by atoms with Gasteiger partial charge in [0.15, 0.2) is 17.5 Å². The van der Waals surface area contributed by atoms with E-state index in [2.05, 4.69) is 6.92 Å². The molecule has 2 nitrogen and oxygen atoms in total. The van der Waals surface area contributed by atoms with Gasteiger partial charge in [-0.2, -0.15) is 0 Å². The number of carboxylic acids is 1. The molecule has 1 aliphatic rings. The molecule has 1 aliphatic carbocycles. The van der Waals surface area contributed by atoms with Crippen LogP contribution in [0.3, 0.4) is 0 Å². The molecule has 4 rings (SSSR count). The lowest BCUT2D eigenvalue weighted by Crippen LogP contribution is -2.13. The summed E-state index contributed by atoms with van der Waals surface area (Å²) < 4.78 is 57.0. The highest BCUT2D eigenvalue weighted by Gasteiger charge is 2.24. The summed E-state index contributed by atoms with van der Waals surface area (Å²) in [5.74, 6) is -6.00. The second-order valence-corrected chi connectivity index (χ2v) is 11.2. The zero-order valence-electron chi connectivity index (χ0n) is 23.1. The van der Waals surface area contributed by atoms with E-state index >= 15 is 4.39 Å². The zero-order valence-corrected chi connectivity index (χ0v) is 23.1. The maximum Gasteiger partial charge on any atom is 0.338 e. The van der Waals surface area contributed by atoms with Crippen molar-refractivity contribution in [1.29, 1.82) is 0 Å². The predicted molar refractivity (Wildman–Crippen MR) is 151 cm³/mol. The highest BCUT2D eigenvalue weighted by Crippen LogP contribution is 2.40. The molecule has 3 aromatic rings. The van der Waals surface area contributed by atoms with Gasteiger partial charge in [0, 0.05) is 5.56 Å². The van der Waals surface area contributed by atoms with Crippen molar-refractivity contribution in [3.63, 3.8) is 0 Å². The molecule has 0 bridgehead atoms. The molecule has 0 spiro atoms. The molecule has 40 heavy (non-hydrogen) atoms. The van der Waals surface area contributed by atoms with E-state index < -0.39 is 34.8 Å². The smallest absolute Gasteiger partial charge is 0.338 e. The van der Waals surface area contributed by atoms with E-state index in [4.69, 9.17) is 0 Å². The molecule has 0 aliphatic heterocycles. The Morgan fingerprint density at radius 2 is 1.35 bits per heavy atom. The largest absolute Gasteiger partial charge is 0.478 e. The summed E-state index contributed by atoms with van der Waals surface area (Å²) in [6.07, 6.45) is 15.3. The number of unbranched alkanes of at least 4 members (excludes halogenated alkanes) is 6. The first-order valence-corrected chi connectivity index (χ1v) is 14.6. The molecular weight excluding hydrogens is 516 g/mol. The molecule has 0 atom stereocenters. The normalized spacial score (nSPS) is 17.2. The lowest BCUT2D eigenvalue weighted by molar-refractivity contribution is 0.0692. The average Bonchev–Trinajstić information content (AvgIpc) is 2.95. The minimum atomic E-state index is -1.67. The Morgan fingerprint density at radius 1 is 0.750 bits per heavy atom. The summed E-state index contributed by atoms with van der Waals surface area (Å²) in [6.45, 7) is 2.24. The Kier molecular flexibility index (Phi) is 10.4. The summed E-state index contributed by atoms with van der Waals surface area (Å²) in [5, 5.41) is 9.40. The average molecular weight is 555 g/mol. The number of carboxylic acid groups (broad SMARTS) is 1. The summed E-state index contributed by atoms with van der Waals surface area (Å²) in [6, 6.07) is 11.6. The predicted octanol–water partition coefficient (Wildman–Crippen LogP) is 10.7. The minimum absolute atomic E-state index is 0.268. The van der Waals surface area contributed by atoms with Gasteiger partial charge in [0.05, 0.1) is 5.56 Å². The van der Waals surface area contributed by atoms with Crippen LogP contribution < -0.4 is 0 Å². The third-order valence-electron chi connectivity index (χ3n) is 8.40. The van der Waals surface area contributed by atoms with Crippen LogP contribution in [0.2, 0.25) is 0 Å². The van der Waals surface area contributed by atoms with Crippen LogP contribution in [0.5, 0.6) is 0 Å². The monoisotopic (exact) mass is 554 g/mol. The van der Waals surface area contributed by atoms with Crippen molar-refractivity contribution in [2.45, 2.75) is 89.9 Å². The SMILES string of the molecule is CCCCCCCCC[C@H]1CC[C@H](c2ccc(-c3ccc(C(=O)O)c(F)c3-c3cc(F)c(F)c(F)c3)cc2)CC1. The Hall–Kier alpha value is -3.15. The van der Waals surface area contributed by atoms with E-state index in [-0.39, 0.29) is 16.7 Å². The van der Waals surface area contributed by atoms with E-state index in [0.717, 1.165) is 24.8 Å². The third kappa shape index (κ3) is 7.13. The van der Waals surface area contributed by atoms with Crippen molar-refractivity contribution < 1.29 is 27.5 Å². The van der Waals surface area contributed by atoms with Crippen LogP contribution in [0, 0.1) is 29.2 Å². The quantitative estimate of drug-likeness (QED) is 0.137. The zero-order chi connectivity index (χ0) is 28.6. The molecule has 0 unspecified atom stereocenters. The van der Waals surface area contributed by atoms with E-state index in [0.29, 0.717) is 23.6 Å². The maximum atomic E-state index is 15.4. The van der Waals surface area contributed by atoms with Gasteiger partial charge in [0.1, 0.15) is 5.82 Å². The molecule has 0 aromatic heterocycles. The summed E-state index contributed by atoms with van der Waals surface area (Å²) in [7, 11) is 0. The fraction of sp³-hybridized carbons (Fsp3) is 0.441. The second kappa shape index (κ2) is 14.0. The topological polar surface area (TPSA) is 37.3 Å². The van der Waals surface area contributed by atoms with Crippen molar-refractivity contribution >= 4 is 5.97 Å². The van der Waals surface area contributed by atoms with E-state index in [9.17, 15) is 23.1 Å². The lowest BCUT2D eigenvalue weighted by atomic mass is 9.77. The summed E-state index contributed by atoms with van der Waals surface area (Å²) in [5.41, 5.74) is 0.867. The number of carbonyl (C=O) groups is 1. The van der Waals surface area contributed by atoms with Gasteiger partial charge in [-0.1, -0.05) is 88.6 Å². The highest BCUT2D eigenvalue weighted by molar-refractivity contribution is 5.94. The van der Waals surface area contributed by atoms with Gasteiger partial charge in [-0.15, -0.1) is 0 Å². The van der Waals surface area contributed by atoms with Gasteiger partial charge >= 0.3 is 5.97 Å². The third-order valence-corrected chi connectivity index (χ3v) is 8.40. The standard InChI is InChI=1S/C34H38F4O2/c1-2-3-4-5-6-7-8-9-22-10-12-23(13-11-22)24-14-16-25(17-15-24)27-18-19-28(34(39)40)32(37)31(27)26-20-29(35)33(38)30(36)21-26/h14-23H,2-13H2,1H3,(H,39,40)/t22-,23-. The van der Waals surface area contributed by atoms with Crippen molar-refractivity contribution in [3.05, 3.63) is 82.9 Å². The molecule has 0 radical (unpaired) electrons. The molecule has 0 heterocycles. The molecule has 214 valence electrons. The Bertz CT molecular complexity index is 1270. The van der Waals surface area contributed by atoms with Crippen molar-refractivity contribution in [3.8, 4) is 22.3 Å². The van der Waals surface area contributed by atoms with Crippen LogP contribution in [0.25, 0.3) is 22.3 Å². The molecular formula is C34H38F4O2. The van der Waals surface area contributed by atoms with Crippen LogP contribution in [-0.4, -0.2) is 11.1 Å². The first-order chi connectivity index (χ1) is 19.3. The van der Waals surface area contributed by atoms with Gasteiger partial charge in [-0.25, -0.2) is 22.4 Å². The molecule has 6 heteroatoms. The van der Waals surface area contributed by atoms with Crippen LogP contribution in [-0.2, 0) is 0 Å². The molecule has 0 saturated heterocycles. The van der Waals surface area contributed by atoms with Crippen molar-refractivity contribution in [1.82, 2.24) is 0 Å². The number of hydrogen-bond acceptors (Lipinski definition) is 1. The van der Waals surface area contributed by atoms with Gasteiger partial charge in [0.25, 0.3) is 0 Å². The van der Waals surface area contributed by atoms with E-state index in [1.165, 1.54) is 75.8 Å². The van der Waals surface area contributed by atoms with Gasteiger partial charge < -0.3 is 5.11 Å². The maximum absolute atomic E-state index is 15.4. The Morgan fingerprint density at radius 3 is 1.95 bits per heavy atom. The Labute approximate surface area is 234 Å². The van der Waals surface area contributed by atoms with Gasteiger partial charge in [0.2, 0.25) is 0 Å². The van der Waals surface area contributed by atoms with Gasteiger partial charge in [-0.05, 0) is 78.0 Å².